The molecule has 1 saturated heterocycles. The number of alkyl halides is 1. The van der Waals surface area contributed by atoms with Crippen molar-refractivity contribution in [1.29, 1.82) is 0 Å². The molecule has 0 N–H and O–H groups in total. The van der Waals surface area contributed by atoms with E-state index in [1.807, 2.05) is 0 Å². The fourth-order valence-electron chi connectivity index (χ4n) is 1.64. The van der Waals surface area contributed by atoms with Gasteiger partial charge in [-0.2, -0.15) is 0 Å². The van der Waals surface area contributed by atoms with E-state index < -0.39 is 0 Å². The van der Waals surface area contributed by atoms with Gasteiger partial charge in [0.2, 0.25) is 0 Å². The van der Waals surface area contributed by atoms with Crippen LogP contribution in [-0.2, 0) is 0 Å². The van der Waals surface area contributed by atoms with Crippen LogP contribution in [0.4, 0.5) is 0 Å². The molecule has 14 heavy (non-hydrogen) atoms. The van der Waals surface area contributed by atoms with Crippen molar-refractivity contribution in [2.45, 2.75) is 0 Å². The molecular weight excluding hydrogens is 289 g/mol. The third kappa shape index (κ3) is 4.91. The summed E-state index contributed by atoms with van der Waals surface area (Å²) in [6.45, 7) is 8.62. The van der Waals surface area contributed by atoms with Gasteiger partial charge in [0.15, 0.2) is 0 Å². The van der Waals surface area contributed by atoms with Gasteiger partial charge in [-0.05, 0) is 14.1 Å². The Morgan fingerprint density at radius 1 is 1.14 bits per heavy atom. The number of likely N-dealkylation sites (N-methyl/N-ethyl adjacent to an activating group) is 2. The molecule has 0 atom stereocenters. The molecule has 0 unspecified atom stereocenters. The second-order valence-electron chi connectivity index (χ2n) is 4.14. The predicted octanol–water partition coefficient (Wildman–Crippen LogP) is 0.601. The van der Waals surface area contributed by atoms with Gasteiger partial charge in [-0.25, -0.2) is 0 Å². The van der Waals surface area contributed by atoms with E-state index in [-0.39, 0.29) is 0 Å². The summed E-state index contributed by atoms with van der Waals surface area (Å²) >= 11 is 2.44. The van der Waals surface area contributed by atoms with Crippen molar-refractivity contribution in [2.75, 3.05) is 64.3 Å². The van der Waals surface area contributed by atoms with E-state index in [1.54, 1.807) is 0 Å². The number of nitrogens with zero attached hydrogens (tertiary/aromatic N) is 3. The van der Waals surface area contributed by atoms with Crippen LogP contribution >= 0.6 is 22.6 Å². The minimum atomic E-state index is 1.21. The maximum atomic E-state index is 2.57. The summed E-state index contributed by atoms with van der Waals surface area (Å²) < 4.78 is 1.23. The normalized spacial score (nSPS) is 20.6. The Hall–Kier alpha value is 0.610. The molecule has 84 valence electrons. The van der Waals surface area contributed by atoms with E-state index in [2.05, 4.69) is 51.4 Å². The molecule has 0 aromatic carbocycles. The lowest BCUT2D eigenvalue weighted by molar-refractivity contribution is 0.142. The smallest absolute Gasteiger partial charge is 0.0123 e. The highest BCUT2D eigenvalue weighted by Crippen LogP contribution is 1.99. The average molecular weight is 311 g/mol. The van der Waals surface area contributed by atoms with Gasteiger partial charge in [-0.3, -0.25) is 4.90 Å². The molecule has 1 aliphatic heterocycles. The maximum Gasteiger partial charge on any atom is 0.0123 e. The first-order valence-electron chi connectivity index (χ1n) is 5.38. The van der Waals surface area contributed by atoms with Crippen molar-refractivity contribution in [3.63, 3.8) is 0 Å². The van der Waals surface area contributed by atoms with Crippen LogP contribution in [0, 0.1) is 0 Å². The molecule has 0 aromatic rings. The number of halogens is 1. The lowest BCUT2D eigenvalue weighted by atomic mass is 10.3. The topological polar surface area (TPSA) is 9.72 Å². The Morgan fingerprint density at radius 2 is 1.79 bits per heavy atom. The summed E-state index contributed by atoms with van der Waals surface area (Å²) in [5.74, 6) is 0. The van der Waals surface area contributed by atoms with E-state index in [0.717, 1.165) is 0 Å². The number of hydrogen-bond donors (Lipinski definition) is 0. The van der Waals surface area contributed by atoms with Crippen molar-refractivity contribution in [1.82, 2.24) is 14.7 Å². The first-order valence-corrected chi connectivity index (χ1v) is 6.90. The van der Waals surface area contributed by atoms with Crippen molar-refractivity contribution in [3.8, 4) is 0 Å². The second-order valence-corrected chi connectivity index (χ2v) is 5.22. The Balaban J connectivity index is 2.06. The van der Waals surface area contributed by atoms with Gasteiger partial charge < -0.3 is 9.80 Å². The quantitative estimate of drug-likeness (QED) is 0.544. The molecule has 3 nitrogen and oxygen atoms in total. The minimum Gasteiger partial charge on any atom is -0.304 e. The Kier molecular flexibility index (Phi) is 6.32. The van der Waals surface area contributed by atoms with E-state index in [0.29, 0.717) is 0 Å². The number of rotatable bonds is 5. The Bertz CT molecular complexity index is 146. The highest BCUT2D eigenvalue weighted by atomic mass is 127. The standard InChI is InChI=1S/C10H22IN3/c1-12(4-3-11)5-8-14-9-6-13(2)7-10-14/h3-10H2,1-2H3. The van der Waals surface area contributed by atoms with Gasteiger partial charge in [-0.1, -0.05) is 22.6 Å². The van der Waals surface area contributed by atoms with Gasteiger partial charge in [0.05, 0.1) is 0 Å². The first-order chi connectivity index (χ1) is 6.72. The van der Waals surface area contributed by atoms with Gasteiger partial charge in [0.1, 0.15) is 0 Å². The summed E-state index contributed by atoms with van der Waals surface area (Å²) in [6, 6.07) is 0. The SMILES string of the molecule is CN(CCI)CCN1CCN(C)CC1. The predicted molar refractivity (Wildman–Crippen MR) is 70.3 cm³/mol. The molecule has 4 heteroatoms. The third-order valence-corrected chi connectivity index (χ3v) is 3.34. The third-order valence-electron chi connectivity index (χ3n) is 2.86. The fraction of sp³-hybridized carbons (Fsp3) is 1.00. The highest BCUT2D eigenvalue weighted by Gasteiger charge is 2.13. The highest BCUT2D eigenvalue weighted by molar-refractivity contribution is 14.1. The van der Waals surface area contributed by atoms with Crippen LogP contribution < -0.4 is 0 Å². The Morgan fingerprint density at radius 3 is 2.36 bits per heavy atom. The van der Waals surface area contributed by atoms with Gasteiger partial charge >= 0.3 is 0 Å². The summed E-state index contributed by atoms with van der Waals surface area (Å²) in [5.41, 5.74) is 0. The van der Waals surface area contributed by atoms with Gasteiger partial charge in [-0.15, -0.1) is 0 Å². The molecule has 1 rings (SSSR count). The summed E-state index contributed by atoms with van der Waals surface area (Å²) in [4.78, 5) is 7.40. The summed E-state index contributed by atoms with van der Waals surface area (Å²) in [6.07, 6.45) is 0. The molecular formula is C10H22IN3. The fourth-order valence-corrected chi connectivity index (χ4v) is 2.46. The molecule has 1 aliphatic rings. The van der Waals surface area contributed by atoms with Crippen LogP contribution in [0.5, 0.6) is 0 Å². The van der Waals surface area contributed by atoms with Crippen molar-refractivity contribution < 1.29 is 0 Å². The zero-order valence-electron chi connectivity index (χ0n) is 9.38. The first kappa shape index (κ1) is 12.7. The van der Waals surface area contributed by atoms with Gasteiger partial charge in [0, 0.05) is 50.2 Å². The average Bonchev–Trinajstić information content (AvgIpc) is 2.17. The minimum absolute atomic E-state index is 1.21. The number of hydrogen-bond acceptors (Lipinski definition) is 3. The van der Waals surface area contributed by atoms with Crippen molar-refractivity contribution in [2.24, 2.45) is 0 Å². The monoisotopic (exact) mass is 311 g/mol. The van der Waals surface area contributed by atoms with Crippen LogP contribution in [0.2, 0.25) is 0 Å². The van der Waals surface area contributed by atoms with E-state index in [9.17, 15) is 0 Å². The van der Waals surface area contributed by atoms with Crippen LogP contribution in [0.25, 0.3) is 0 Å². The van der Waals surface area contributed by atoms with Crippen LogP contribution in [0.15, 0.2) is 0 Å². The van der Waals surface area contributed by atoms with E-state index in [4.69, 9.17) is 0 Å². The molecule has 0 amide bonds. The summed E-state index contributed by atoms with van der Waals surface area (Å²) in [5, 5.41) is 0. The lowest BCUT2D eigenvalue weighted by Crippen LogP contribution is -2.46. The molecule has 0 aromatic heterocycles. The molecule has 0 bridgehead atoms. The largest absolute Gasteiger partial charge is 0.304 e. The van der Waals surface area contributed by atoms with Gasteiger partial charge in [0.25, 0.3) is 0 Å². The van der Waals surface area contributed by atoms with E-state index >= 15 is 0 Å². The zero-order valence-corrected chi connectivity index (χ0v) is 11.5. The summed E-state index contributed by atoms with van der Waals surface area (Å²) in [7, 11) is 4.42. The van der Waals surface area contributed by atoms with Crippen LogP contribution in [0.3, 0.4) is 0 Å². The second kappa shape index (κ2) is 6.98. The molecule has 0 radical (unpaired) electrons. The molecule has 0 aliphatic carbocycles. The molecule has 1 heterocycles. The number of piperazine rings is 1. The molecule has 0 spiro atoms. The van der Waals surface area contributed by atoms with E-state index in [1.165, 1.54) is 50.2 Å². The molecule has 1 fully saturated rings. The van der Waals surface area contributed by atoms with Crippen LogP contribution in [-0.4, -0.2) is 79.0 Å². The maximum absolute atomic E-state index is 2.57. The Labute approximate surface area is 102 Å². The van der Waals surface area contributed by atoms with Crippen molar-refractivity contribution in [3.05, 3.63) is 0 Å². The van der Waals surface area contributed by atoms with Crippen LogP contribution in [0.1, 0.15) is 0 Å². The molecule has 0 saturated carbocycles. The lowest BCUT2D eigenvalue weighted by Gasteiger charge is -2.33. The van der Waals surface area contributed by atoms with Crippen molar-refractivity contribution >= 4 is 22.6 Å². The zero-order chi connectivity index (χ0) is 10.4.